The summed E-state index contributed by atoms with van der Waals surface area (Å²) in [5, 5.41) is 0.762. The lowest BCUT2D eigenvalue weighted by molar-refractivity contribution is 0.392. The van der Waals surface area contributed by atoms with Crippen molar-refractivity contribution >= 4 is 38.9 Å². The number of benzene rings is 2. The molecule has 0 aliphatic carbocycles. The van der Waals surface area contributed by atoms with Gasteiger partial charge in [0, 0.05) is 22.8 Å². The highest BCUT2D eigenvalue weighted by Crippen LogP contribution is 2.35. The van der Waals surface area contributed by atoms with E-state index < -0.39 is 10.0 Å². The van der Waals surface area contributed by atoms with Gasteiger partial charge in [0.15, 0.2) is 0 Å². The molecule has 1 N–H and O–H groups in total. The maximum atomic E-state index is 12.5. The Balaban J connectivity index is 2.46. The van der Waals surface area contributed by atoms with Gasteiger partial charge >= 0.3 is 0 Å². The molecule has 2 rings (SSSR count). The Kier molecular flexibility index (Phi) is 5.05. The lowest BCUT2D eigenvalue weighted by Gasteiger charge is -2.14. The molecule has 2 aromatic rings. The van der Waals surface area contributed by atoms with Crippen LogP contribution in [0.25, 0.3) is 0 Å². The van der Waals surface area contributed by atoms with E-state index in [1.54, 1.807) is 24.3 Å². The smallest absolute Gasteiger partial charge is 0.265 e. The van der Waals surface area contributed by atoms with Crippen LogP contribution in [0.2, 0.25) is 10.0 Å². The number of nitrogens with one attached hydrogen (secondary N) is 1. The molecule has 0 fully saturated rings. The number of halogens is 2. The third-order valence-corrected chi connectivity index (χ3v) is 4.77. The maximum Gasteiger partial charge on any atom is 0.265 e. The van der Waals surface area contributed by atoms with Gasteiger partial charge in [-0.25, -0.2) is 8.42 Å². The zero-order valence-corrected chi connectivity index (χ0v) is 14.1. The highest BCUT2D eigenvalue weighted by atomic mass is 35.5. The Bertz CT molecular complexity index is 776. The summed E-state index contributed by atoms with van der Waals surface area (Å²) in [4.78, 5) is -0.0776. The van der Waals surface area contributed by atoms with Gasteiger partial charge in [-0.05, 0) is 24.3 Å². The highest BCUT2D eigenvalue weighted by Gasteiger charge is 2.22. The van der Waals surface area contributed by atoms with Crippen molar-refractivity contribution in [1.82, 2.24) is 0 Å². The Labute approximate surface area is 138 Å². The van der Waals surface area contributed by atoms with E-state index in [4.69, 9.17) is 32.7 Å². The molecule has 0 aliphatic heterocycles. The highest BCUT2D eigenvalue weighted by molar-refractivity contribution is 7.92. The van der Waals surface area contributed by atoms with E-state index in [1.807, 2.05) is 0 Å². The van der Waals surface area contributed by atoms with Crippen molar-refractivity contribution in [1.29, 1.82) is 0 Å². The predicted molar refractivity (Wildman–Crippen MR) is 86.8 cm³/mol. The molecule has 0 aliphatic rings. The molecule has 0 saturated heterocycles. The first-order valence-corrected chi connectivity index (χ1v) is 8.31. The second-order valence-electron chi connectivity index (χ2n) is 4.25. The molecular weight excluding hydrogens is 349 g/mol. The van der Waals surface area contributed by atoms with Gasteiger partial charge in [-0.15, -0.1) is 0 Å². The molecule has 2 aromatic carbocycles. The summed E-state index contributed by atoms with van der Waals surface area (Å²) < 4.78 is 37.6. The van der Waals surface area contributed by atoms with Gasteiger partial charge in [-0.1, -0.05) is 23.2 Å². The van der Waals surface area contributed by atoms with Crippen LogP contribution in [0.1, 0.15) is 0 Å². The van der Waals surface area contributed by atoms with Crippen LogP contribution in [-0.2, 0) is 10.0 Å². The number of anilines is 1. The van der Waals surface area contributed by atoms with Crippen molar-refractivity contribution in [3.05, 3.63) is 46.4 Å². The van der Waals surface area contributed by atoms with E-state index in [0.29, 0.717) is 10.7 Å². The van der Waals surface area contributed by atoms with Crippen LogP contribution in [-0.4, -0.2) is 22.6 Å². The van der Waals surface area contributed by atoms with Crippen LogP contribution >= 0.6 is 23.2 Å². The van der Waals surface area contributed by atoms with Crippen molar-refractivity contribution in [3.8, 4) is 11.5 Å². The van der Waals surface area contributed by atoms with Crippen molar-refractivity contribution in [2.24, 2.45) is 0 Å². The average Bonchev–Trinajstić information content (AvgIpc) is 2.48. The molecule has 118 valence electrons. The van der Waals surface area contributed by atoms with Crippen LogP contribution in [0.15, 0.2) is 41.3 Å². The minimum Gasteiger partial charge on any atom is -0.495 e. The van der Waals surface area contributed by atoms with Crippen molar-refractivity contribution in [3.63, 3.8) is 0 Å². The molecule has 0 radical (unpaired) electrons. The third kappa shape index (κ3) is 3.58. The summed E-state index contributed by atoms with van der Waals surface area (Å²) >= 11 is 11.7. The normalized spacial score (nSPS) is 11.1. The Morgan fingerprint density at radius 3 is 2.09 bits per heavy atom. The zero-order valence-electron chi connectivity index (χ0n) is 11.8. The molecule has 0 heterocycles. The quantitative estimate of drug-likeness (QED) is 0.879. The molecule has 0 spiro atoms. The molecule has 0 unspecified atom stereocenters. The molecule has 0 bridgehead atoms. The Morgan fingerprint density at radius 1 is 0.955 bits per heavy atom. The molecule has 0 aromatic heterocycles. The van der Waals surface area contributed by atoms with Gasteiger partial charge in [0.1, 0.15) is 16.4 Å². The summed E-state index contributed by atoms with van der Waals surface area (Å²) in [6.45, 7) is 0. The summed E-state index contributed by atoms with van der Waals surface area (Å²) in [6, 6.07) is 8.97. The number of ether oxygens (including phenoxy) is 2. The van der Waals surface area contributed by atoms with Gasteiger partial charge < -0.3 is 9.47 Å². The van der Waals surface area contributed by atoms with E-state index in [2.05, 4.69) is 4.72 Å². The fourth-order valence-electron chi connectivity index (χ4n) is 1.77. The van der Waals surface area contributed by atoms with Crippen LogP contribution in [0.4, 0.5) is 5.69 Å². The lowest BCUT2D eigenvalue weighted by atomic mass is 10.3. The topological polar surface area (TPSA) is 64.6 Å². The zero-order chi connectivity index (χ0) is 16.3. The minimum atomic E-state index is -3.88. The van der Waals surface area contributed by atoms with Gasteiger partial charge in [0.05, 0.1) is 19.2 Å². The Hall–Kier alpha value is -1.63. The number of hydrogen-bond acceptors (Lipinski definition) is 4. The molecule has 5 nitrogen and oxygen atoms in total. The minimum absolute atomic E-state index is 0.0776. The van der Waals surface area contributed by atoms with Gasteiger partial charge in [-0.3, -0.25) is 4.72 Å². The monoisotopic (exact) mass is 361 g/mol. The number of hydrogen-bond donors (Lipinski definition) is 1. The van der Waals surface area contributed by atoms with Crippen LogP contribution < -0.4 is 14.2 Å². The second-order valence-corrected chi connectivity index (χ2v) is 6.74. The van der Waals surface area contributed by atoms with E-state index in [9.17, 15) is 8.42 Å². The summed E-state index contributed by atoms with van der Waals surface area (Å²) in [6.07, 6.45) is 0. The first-order chi connectivity index (χ1) is 10.4. The average molecular weight is 362 g/mol. The molecule has 0 saturated carbocycles. The van der Waals surface area contributed by atoms with Gasteiger partial charge in [0.25, 0.3) is 10.0 Å². The van der Waals surface area contributed by atoms with Crippen LogP contribution in [0.5, 0.6) is 11.5 Å². The van der Waals surface area contributed by atoms with E-state index in [0.717, 1.165) is 0 Å². The second kappa shape index (κ2) is 6.64. The number of rotatable bonds is 5. The van der Waals surface area contributed by atoms with Gasteiger partial charge in [0.2, 0.25) is 0 Å². The number of methoxy groups -OCH3 is 2. The van der Waals surface area contributed by atoms with Crippen LogP contribution in [0, 0.1) is 0 Å². The lowest BCUT2D eigenvalue weighted by Crippen LogP contribution is -2.14. The summed E-state index contributed by atoms with van der Waals surface area (Å²) in [5.41, 5.74) is 0.375. The largest absolute Gasteiger partial charge is 0.495 e. The first-order valence-electron chi connectivity index (χ1n) is 6.07. The van der Waals surface area contributed by atoms with Gasteiger partial charge in [-0.2, -0.15) is 0 Å². The molecule has 0 amide bonds. The van der Waals surface area contributed by atoms with Crippen molar-refractivity contribution in [2.75, 3.05) is 18.9 Å². The summed E-state index contributed by atoms with van der Waals surface area (Å²) in [5.74, 6) is 0.353. The Morgan fingerprint density at radius 2 is 1.55 bits per heavy atom. The fourth-order valence-corrected chi connectivity index (χ4v) is 3.35. The molecule has 22 heavy (non-hydrogen) atoms. The van der Waals surface area contributed by atoms with Crippen molar-refractivity contribution in [2.45, 2.75) is 4.90 Å². The van der Waals surface area contributed by atoms with Crippen molar-refractivity contribution < 1.29 is 17.9 Å². The molecular formula is C14H13Cl2NO4S. The predicted octanol–water partition coefficient (Wildman–Crippen LogP) is 3.81. The van der Waals surface area contributed by atoms with E-state index >= 15 is 0 Å². The van der Waals surface area contributed by atoms with Crippen LogP contribution in [0.3, 0.4) is 0 Å². The molecule has 8 heteroatoms. The first kappa shape index (κ1) is 16.7. The van der Waals surface area contributed by atoms with E-state index in [-0.39, 0.29) is 21.4 Å². The van der Waals surface area contributed by atoms with E-state index in [1.165, 1.54) is 26.4 Å². The third-order valence-electron chi connectivity index (χ3n) is 2.82. The summed E-state index contributed by atoms with van der Waals surface area (Å²) in [7, 11) is -1.11. The SMILES string of the molecule is COc1cc(S(=O)(=O)Nc2ccc(Cl)cc2)c(OC)cc1Cl. The maximum absolute atomic E-state index is 12.5. The fraction of sp³-hybridized carbons (Fsp3) is 0.143. The molecule has 0 atom stereocenters. The number of sulfonamides is 1. The standard InChI is InChI=1S/C14H13Cl2NO4S/c1-20-12-8-14(13(21-2)7-11(12)16)22(18,19)17-10-5-3-9(15)4-6-10/h3-8,17H,1-2H3.